The second-order valence-electron chi connectivity index (χ2n) is 6.14. The number of hydrogen-bond donors (Lipinski definition) is 1. The molecule has 1 N–H and O–H groups in total. The van der Waals surface area contributed by atoms with Gasteiger partial charge in [-0.1, -0.05) is 11.6 Å². The fourth-order valence-electron chi connectivity index (χ4n) is 2.50. The van der Waals surface area contributed by atoms with Crippen molar-refractivity contribution < 1.29 is 27.4 Å². The molecule has 0 aliphatic heterocycles. The number of anilines is 1. The maximum Gasteiger partial charge on any atom is 0.422 e. The average molecular weight is 457 g/mol. The lowest BCUT2D eigenvalue weighted by molar-refractivity contribution is -0.153. The van der Waals surface area contributed by atoms with Crippen molar-refractivity contribution in [1.29, 1.82) is 0 Å². The second kappa shape index (κ2) is 9.36. The van der Waals surface area contributed by atoms with Crippen molar-refractivity contribution in [2.75, 3.05) is 19.0 Å². The quantitative estimate of drug-likeness (QED) is 0.503. The highest BCUT2D eigenvalue weighted by molar-refractivity contribution is 7.13. The molecule has 0 atom stereocenters. The SMILES string of the molecule is COc1ccc(-c2nc(CC(=O)Nc3cc(Cl)ccc3OCC(F)(F)F)cs2)cc1. The Labute approximate surface area is 179 Å². The van der Waals surface area contributed by atoms with Gasteiger partial charge >= 0.3 is 6.18 Å². The van der Waals surface area contributed by atoms with Crippen LogP contribution < -0.4 is 14.8 Å². The lowest BCUT2D eigenvalue weighted by atomic mass is 10.2. The van der Waals surface area contributed by atoms with E-state index in [1.165, 1.54) is 29.5 Å². The number of carbonyl (C=O) groups is 1. The van der Waals surface area contributed by atoms with Gasteiger partial charge in [-0.2, -0.15) is 13.2 Å². The van der Waals surface area contributed by atoms with Crippen LogP contribution in [-0.2, 0) is 11.2 Å². The average Bonchev–Trinajstić information content (AvgIpc) is 3.15. The van der Waals surface area contributed by atoms with E-state index in [-0.39, 0.29) is 22.9 Å². The molecule has 5 nitrogen and oxygen atoms in total. The van der Waals surface area contributed by atoms with Gasteiger partial charge in [0.15, 0.2) is 6.61 Å². The number of rotatable bonds is 7. The molecule has 0 aliphatic carbocycles. The predicted molar refractivity (Wildman–Crippen MR) is 109 cm³/mol. The molecule has 0 saturated heterocycles. The summed E-state index contributed by atoms with van der Waals surface area (Å²) in [4.78, 5) is 16.8. The Morgan fingerprint density at radius 2 is 1.93 bits per heavy atom. The number of ether oxygens (including phenoxy) is 2. The molecule has 0 saturated carbocycles. The third-order valence-electron chi connectivity index (χ3n) is 3.84. The molecule has 0 aliphatic rings. The minimum Gasteiger partial charge on any atom is -0.497 e. The minimum absolute atomic E-state index is 0.0577. The Bertz CT molecular complexity index is 1020. The van der Waals surface area contributed by atoms with E-state index in [1.807, 2.05) is 24.3 Å². The van der Waals surface area contributed by atoms with Crippen LogP contribution in [0.4, 0.5) is 18.9 Å². The van der Waals surface area contributed by atoms with Crippen LogP contribution >= 0.6 is 22.9 Å². The number of amides is 1. The molecule has 158 valence electrons. The Hall–Kier alpha value is -2.78. The first-order chi connectivity index (χ1) is 14.2. The topological polar surface area (TPSA) is 60.5 Å². The van der Waals surface area contributed by atoms with E-state index in [1.54, 1.807) is 12.5 Å². The van der Waals surface area contributed by atoms with Crippen LogP contribution in [0.25, 0.3) is 10.6 Å². The highest BCUT2D eigenvalue weighted by Gasteiger charge is 2.29. The van der Waals surface area contributed by atoms with Crippen LogP contribution in [0.3, 0.4) is 0 Å². The Kier molecular flexibility index (Phi) is 6.84. The third kappa shape index (κ3) is 6.11. The molecule has 2 aromatic carbocycles. The van der Waals surface area contributed by atoms with E-state index in [9.17, 15) is 18.0 Å². The van der Waals surface area contributed by atoms with Crippen molar-refractivity contribution in [3.05, 3.63) is 58.6 Å². The summed E-state index contributed by atoms with van der Waals surface area (Å²) < 4.78 is 47.2. The first-order valence-corrected chi connectivity index (χ1v) is 9.87. The van der Waals surface area contributed by atoms with Gasteiger partial charge in [0.2, 0.25) is 5.91 Å². The molecule has 1 amide bonds. The summed E-state index contributed by atoms with van der Waals surface area (Å²) in [5.41, 5.74) is 1.47. The van der Waals surface area contributed by atoms with E-state index < -0.39 is 18.7 Å². The minimum atomic E-state index is -4.50. The number of methoxy groups -OCH3 is 1. The van der Waals surface area contributed by atoms with E-state index >= 15 is 0 Å². The van der Waals surface area contributed by atoms with Gasteiger partial charge in [-0.15, -0.1) is 11.3 Å². The van der Waals surface area contributed by atoms with E-state index in [0.29, 0.717) is 5.69 Å². The van der Waals surface area contributed by atoms with Crippen molar-refractivity contribution >= 4 is 34.5 Å². The van der Waals surface area contributed by atoms with E-state index in [4.69, 9.17) is 21.1 Å². The number of carbonyl (C=O) groups excluding carboxylic acids is 1. The standard InChI is InChI=1S/C20H16ClF3N2O3S/c1-28-15-5-2-12(3-6-15)19-25-14(10-30-19)9-18(27)26-16-8-13(21)4-7-17(16)29-11-20(22,23)24/h2-8,10H,9,11H2,1H3,(H,26,27). The number of aromatic nitrogens is 1. The molecule has 0 spiro atoms. The molecule has 0 radical (unpaired) electrons. The number of alkyl halides is 3. The van der Waals surface area contributed by atoms with Crippen LogP contribution in [0.2, 0.25) is 5.02 Å². The van der Waals surface area contributed by atoms with Crippen molar-refractivity contribution in [3.63, 3.8) is 0 Å². The zero-order valence-corrected chi connectivity index (χ0v) is 17.2. The molecule has 0 unspecified atom stereocenters. The molecular formula is C20H16ClF3N2O3S. The lowest BCUT2D eigenvalue weighted by Crippen LogP contribution is -2.21. The van der Waals surface area contributed by atoms with Crippen molar-refractivity contribution in [1.82, 2.24) is 4.98 Å². The monoisotopic (exact) mass is 456 g/mol. The summed E-state index contributed by atoms with van der Waals surface area (Å²) in [7, 11) is 1.58. The largest absolute Gasteiger partial charge is 0.497 e. The smallest absolute Gasteiger partial charge is 0.422 e. The molecule has 30 heavy (non-hydrogen) atoms. The second-order valence-corrected chi connectivity index (χ2v) is 7.44. The number of thiazole rings is 1. The van der Waals surface area contributed by atoms with Crippen molar-refractivity contribution in [3.8, 4) is 22.1 Å². The fraction of sp³-hybridized carbons (Fsp3) is 0.200. The summed E-state index contributed by atoms with van der Waals surface area (Å²) in [6.45, 7) is -1.48. The highest BCUT2D eigenvalue weighted by atomic mass is 35.5. The Morgan fingerprint density at radius 1 is 1.20 bits per heavy atom. The number of hydrogen-bond acceptors (Lipinski definition) is 5. The highest BCUT2D eigenvalue weighted by Crippen LogP contribution is 2.30. The molecule has 0 fully saturated rings. The molecule has 1 heterocycles. The Balaban J connectivity index is 1.67. The zero-order chi connectivity index (χ0) is 21.7. The predicted octanol–water partition coefficient (Wildman–Crippen LogP) is 5.59. The van der Waals surface area contributed by atoms with Crippen LogP contribution in [0.1, 0.15) is 5.69 Å². The Morgan fingerprint density at radius 3 is 2.60 bits per heavy atom. The number of nitrogens with zero attached hydrogens (tertiary/aromatic N) is 1. The van der Waals surface area contributed by atoms with Crippen LogP contribution in [-0.4, -0.2) is 30.8 Å². The molecular weight excluding hydrogens is 441 g/mol. The molecule has 10 heteroatoms. The summed E-state index contributed by atoms with van der Waals surface area (Å²) in [6, 6.07) is 11.3. The number of nitrogens with one attached hydrogen (secondary N) is 1. The summed E-state index contributed by atoms with van der Waals surface area (Å²) in [6.07, 6.45) is -4.56. The van der Waals surface area contributed by atoms with Crippen LogP contribution in [0.5, 0.6) is 11.5 Å². The van der Waals surface area contributed by atoms with Gasteiger partial charge in [0.1, 0.15) is 16.5 Å². The summed E-state index contributed by atoms with van der Waals surface area (Å²) >= 11 is 7.27. The maximum absolute atomic E-state index is 12.4. The van der Waals surface area contributed by atoms with Crippen LogP contribution in [0, 0.1) is 0 Å². The number of benzene rings is 2. The third-order valence-corrected chi connectivity index (χ3v) is 5.01. The van der Waals surface area contributed by atoms with Gasteiger partial charge in [-0.25, -0.2) is 4.98 Å². The van der Waals surface area contributed by atoms with Gasteiger partial charge in [0.05, 0.1) is 24.9 Å². The van der Waals surface area contributed by atoms with Crippen molar-refractivity contribution in [2.24, 2.45) is 0 Å². The first kappa shape index (κ1) is 21.9. The van der Waals surface area contributed by atoms with E-state index in [2.05, 4.69) is 10.3 Å². The molecule has 3 rings (SSSR count). The van der Waals surface area contributed by atoms with Gasteiger partial charge < -0.3 is 14.8 Å². The van der Waals surface area contributed by atoms with Crippen LogP contribution in [0.15, 0.2) is 47.8 Å². The summed E-state index contributed by atoms with van der Waals surface area (Å²) in [5, 5.41) is 5.26. The number of halogens is 4. The molecule has 3 aromatic rings. The van der Waals surface area contributed by atoms with Gasteiger partial charge in [-0.05, 0) is 42.5 Å². The van der Waals surface area contributed by atoms with E-state index in [0.717, 1.165) is 16.3 Å². The van der Waals surface area contributed by atoms with Gasteiger partial charge in [0.25, 0.3) is 0 Å². The lowest BCUT2D eigenvalue weighted by Gasteiger charge is -2.14. The summed E-state index contributed by atoms with van der Waals surface area (Å²) in [5.74, 6) is 0.142. The normalized spacial score (nSPS) is 11.2. The van der Waals surface area contributed by atoms with Crippen molar-refractivity contribution in [2.45, 2.75) is 12.6 Å². The zero-order valence-electron chi connectivity index (χ0n) is 15.6. The first-order valence-electron chi connectivity index (χ1n) is 8.61. The van der Waals surface area contributed by atoms with Gasteiger partial charge in [0, 0.05) is 16.0 Å². The molecule has 1 aromatic heterocycles. The molecule has 0 bridgehead atoms. The fourth-order valence-corrected chi connectivity index (χ4v) is 3.50. The maximum atomic E-state index is 12.4. The van der Waals surface area contributed by atoms with Gasteiger partial charge in [-0.3, -0.25) is 4.79 Å².